The Labute approximate surface area is 158 Å². The van der Waals surface area contributed by atoms with E-state index >= 15 is 0 Å². The molecule has 0 radical (unpaired) electrons. The summed E-state index contributed by atoms with van der Waals surface area (Å²) in [5.41, 5.74) is 0.335. The van der Waals surface area contributed by atoms with Crippen molar-refractivity contribution in [2.75, 3.05) is 19.5 Å². The third-order valence-electron chi connectivity index (χ3n) is 5.72. The van der Waals surface area contributed by atoms with E-state index in [2.05, 4.69) is 10.6 Å². The molecule has 0 heterocycles. The highest BCUT2D eigenvalue weighted by molar-refractivity contribution is 6.40. The Bertz CT molecular complexity index is 709. The van der Waals surface area contributed by atoms with Crippen molar-refractivity contribution >= 4 is 29.1 Å². The van der Waals surface area contributed by atoms with Crippen LogP contribution in [-0.4, -0.2) is 32.1 Å². The number of methoxy groups -OCH3 is 2. The van der Waals surface area contributed by atoms with Crippen LogP contribution < -0.4 is 20.1 Å². The first-order valence-corrected chi connectivity index (χ1v) is 9.34. The van der Waals surface area contributed by atoms with Crippen LogP contribution in [0.4, 0.5) is 5.69 Å². The van der Waals surface area contributed by atoms with Gasteiger partial charge in [-0.05, 0) is 43.9 Å². The molecule has 2 aliphatic rings. The van der Waals surface area contributed by atoms with Gasteiger partial charge in [0, 0.05) is 18.2 Å². The zero-order valence-electron chi connectivity index (χ0n) is 15.3. The molecule has 2 N–H and O–H groups in total. The van der Waals surface area contributed by atoms with Crippen molar-refractivity contribution in [1.29, 1.82) is 0 Å². The molecule has 4 atom stereocenters. The molecule has 2 fully saturated rings. The fraction of sp³-hybridized carbons (Fsp3) is 0.579. The third-order valence-corrected chi connectivity index (χ3v) is 6.02. The number of benzene rings is 1. The van der Waals surface area contributed by atoms with Gasteiger partial charge >= 0.3 is 11.8 Å². The van der Waals surface area contributed by atoms with E-state index in [-0.39, 0.29) is 6.04 Å². The van der Waals surface area contributed by atoms with E-state index in [0.717, 1.165) is 12.3 Å². The minimum Gasteiger partial charge on any atom is -0.495 e. The number of fused-ring (bicyclic) bond motifs is 2. The second-order valence-electron chi connectivity index (χ2n) is 7.24. The molecule has 26 heavy (non-hydrogen) atoms. The molecule has 3 rings (SSSR count). The molecule has 0 spiro atoms. The first-order valence-electron chi connectivity index (χ1n) is 8.96. The van der Waals surface area contributed by atoms with Crippen molar-refractivity contribution in [1.82, 2.24) is 5.32 Å². The fourth-order valence-electron chi connectivity index (χ4n) is 4.42. The van der Waals surface area contributed by atoms with Crippen molar-refractivity contribution in [3.05, 3.63) is 17.2 Å². The lowest BCUT2D eigenvalue weighted by atomic mass is 9.84. The van der Waals surface area contributed by atoms with Gasteiger partial charge in [-0.3, -0.25) is 9.59 Å². The molecule has 0 aromatic heterocycles. The Morgan fingerprint density at radius 3 is 2.42 bits per heavy atom. The summed E-state index contributed by atoms with van der Waals surface area (Å²) in [4.78, 5) is 24.6. The number of halogens is 1. The van der Waals surface area contributed by atoms with E-state index in [0.29, 0.717) is 34.0 Å². The molecule has 7 heteroatoms. The van der Waals surface area contributed by atoms with Gasteiger partial charge in [-0.2, -0.15) is 0 Å². The Kier molecular flexibility index (Phi) is 5.61. The van der Waals surface area contributed by atoms with Gasteiger partial charge in [0.1, 0.15) is 11.5 Å². The molecule has 142 valence electrons. The van der Waals surface area contributed by atoms with Gasteiger partial charge in [-0.25, -0.2) is 0 Å². The maximum Gasteiger partial charge on any atom is 0.313 e. The average Bonchev–Trinajstić information content (AvgIpc) is 3.25. The van der Waals surface area contributed by atoms with Gasteiger partial charge in [0.05, 0.1) is 24.9 Å². The number of ether oxygens (including phenoxy) is 2. The summed E-state index contributed by atoms with van der Waals surface area (Å²) >= 11 is 6.05. The molecule has 2 aliphatic carbocycles. The topological polar surface area (TPSA) is 76.7 Å². The fourth-order valence-corrected chi connectivity index (χ4v) is 4.65. The standard InChI is InChI=1S/C19H25ClN2O4/c1-10(13-7-11-4-5-12(13)6-11)21-18(23)19(24)22-15-9-16(25-2)14(20)8-17(15)26-3/h8-13H,4-7H2,1-3H3,(H,21,23)(H,22,24). The molecule has 4 unspecified atom stereocenters. The summed E-state index contributed by atoms with van der Waals surface area (Å²) in [5, 5.41) is 5.79. The summed E-state index contributed by atoms with van der Waals surface area (Å²) in [7, 11) is 2.94. The van der Waals surface area contributed by atoms with Crippen LogP contribution in [0.25, 0.3) is 0 Å². The zero-order valence-corrected chi connectivity index (χ0v) is 16.1. The number of nitrogens with one attached hydrogen (secondary N) is 2. The minimum absolute atomic E-state index is 0.00907. The maximum absolute atomic E-state index is 12.3. The van der Waals surface area contributed by atoms with Gasteiger partial charge in [0.15, 0.2) is 0 Å². The van der Waals surface area contributed by atoms with E-state index in [1.165, 1.54) is 45.6 Å². The van der Waals surface area contributed by atoms with Crippen LogP contribution in [0.3, 0.4) is 0 Å². The number of hydrogen-bond acceptors (Lipinski definition) is 4. The van der Waals surface area contributed by atoms with Gasteiger partial charge in [-0.15, -0.1) is 0 Å². The van der Waals surface area contributed by atoms with Gasteiger partial charge in [-0.1, -0.05) is 18.0 Å². The first kappa shape index (κ1) is 18.8. The quantitative estimate of drug-likeness (QED) is 0.769. The predicted octanol–water partition coefficient (Wildman–Crippen LogP) is 3.24. The summed E-state index contributed by atoms with van der Waals surface area (Å²) in [6.45, 7) is 1.99. The highest BCUT2D eigenvalue weighted by Gasteiger charge is 2.42. The molecular weight excluding hydrogens is 356 g/mol. The highest BCUT2D eigenvalue weighted by atomic mass is 35.5. The summed E-state index contributed by atoms with van der Waals surface area (Å²) in [6, 6.07) is 3.06. The number of anilines is 1. The van der Waals surface area contributed by atoms with Crippen LogP contribution in [0.1, 0.15) is 32.6 Å². The lowest BCUT2D eigenvalue weighted by Crippen LogP contribution is -2.45. The largest absolute Gasteiger partial charge is 0.495 e. The summed E-state index contributed by atoms with van der Waals surface area (Å²) in [6.07, 6.45) is 4.96. The van der Waals surface area contributed by atoms with E-state index in [1.54, 1.807) is 0 Å². The van der Waals surface area contributed by atoms with E-state index in [1.807, 2.05) is 6.92 Å². The molecular formula is C19H25ClN2O4. The lowest BCUT2D eigenvalue weighted by molar-refractivity contribution is -0.136. The van der Waals surface area contributed by atoms with Crippen LogP contribution >= 0.6 is 11.6 Å². The minimum atomic E-state index is -0.734. The molecule has 2 saturated carbocycles. The Hall–Kier alpha value is -1.95. The van der Waals surface area contributed by atoms with Crippen molar-refractivity contribution in [3.8, 4) is 11.5 Å². The number of rotatable bonds is 5. The van der Waals surface area contributed by atoms with Crippen LogP contribution in [0.2, 0.25) is 5.02 Å². The smallest absolute Gasteiger partial charge is 0.313 e. The van der Waals surface area contributed by atoms with Crippen molar-refractivity contribution in [3.63, 3.8) is 0 Å². The number of hydrogen-bond donors (Lipinski definition) is 2. The van der Waals surface area contributed by atoms with E-state index in [4.69, 9.17) is 21.1 Å². The predicted molar refractivity (Wildman–Crippen MR) is 99.7 cm³/mol. The van der Waals surface area contributed by atoms with E-state index in [9.17, 15) is 9.59 Å². The number of carbonyl (C=O) groups excluding carboxylic acids is 2. The number of amides is 2. The van der Waals surface area contributed by atoms with Crippen LogP contribution in [0.15, 0.2) is 12.1 Å². The molecule has 0 aliphatic heterocycles. The van der Waals surface area contributed by atoms with Crippen LogP contribution in [-0.2, 0) is 9.59 Å². The highest BCUT2D eigenvalue weighted by Crippen LogP contribution is 2.49. The Morgan fingerprint density at radius 1 is 1.12 bits per heavy atom. The average molecular weight is 381 g/mol. The lowest BCUT2D eigenvalue weighted by Gasteiger charge is -2.28. The van der Waals surface area contributed by atoms with Crippen LogP contribution in [0, 0.1) is 17.8 Å². The van der Waals surface area contributed by atoms with Gasteiger partial charge in [0.2, 0.25) is 0 Å². The molecule has 1 aromatic carbocycles. The molecule has 1 aromatic rings. The second kappa shape index (κ2) is 7.74. The van der Waals surface area contributed by atoms with Gasteiger partial charge in [0.25, 0.3) is 0 Å². The first-order chi connectivity index (χ1) is 12.4. The Morgan fingerprint density at radius 2 is 1.85 bits per heavy atom. The number of carbonyl (C=O) groups is 2. The van der Waals surface area contributed by atoms with Gasteiger partial charge < -0.3 is 20.1 Å². The summed E-state index contributed by atoms with van der Waals surface area (Å²) in [5.74, 6) is 1.31. The van der Waals surface area contributed by atoms with Crippen molar-refractivity contribution < 1.29 is 19.1 Å². The molecule has 6 nitrogen and oxygen atoms in total. The molecule has 2 amide bonds. The monoisotopic (exact) mass is 380 g/mol. The van der Waals surface area contributed by atoms with Crippen molar-refractivity contribution in [2.45, 2.75) is 38.6 Å². The van der Waals surface area contributed by atoms with Crippen molar-refractivity contribution in [2.24, 2.45) is 17.8 Å². The SMILES string of the molecule is COc1cc(NC(=O)C(=O)NC(C)C2CC3CCC2C3)c(OC)cc1Cl. The van der Waals surface area contributed by atoms with Crippen LogP contribution in [0.5, 0.6) is 11.5 Å². The second-order valence-corrected chi connectivity index (χ2v) is 7.65. The zero-order chi connectivity index (χ0) is 18.8. The third kappa shape index (κ3) is 3.75. The maximum atomic E-state index is 12.3. The normalized spacial score (nSPS) is 24.8. The van der Waals surface area contributed by atoms with E-state index < -0.39 is 11.8 Å². The Balaban J connectivity index is 1.63. The molecule has 0 saturated heterocycles. The molecule has 2 bridgehead atoms. The summed E-state index contributed by atoms with van der Waals surface area (Å²) < 4.78 is 10.4.